The fourth-order valence-corrected chi connectivity index (χ4v) is 4.40. The van der Waals surface area contributed by atoms with Crippen molar-refractivity contribution >= 4 is 80.3 Å². The number of carbonyl (C=O) groups is 1. The molecule has 0 aliphatic heterocycles. The van der Waals surface area contributed by atoms with Gasteiger partial charge in [-0.2, -0.15) is 0 Å². The highest BCUT2D eigenvalue weighted by atomic mass is 35.5. The van der Waals surface area contributed by atoms with Gasteiger partial charge in [-0.1, -0.05) is 11.6 Å². The first-order valence-corrected chi connectivity index (χ1v) is 12.9. The zero-order chi connectivity index (χ0) is 26.2. The van der Waals surface area contributed by atoms with Gasteiger partial charge in [0.1, 0.15) is 17.9 Å². The maximum atomic E-state index is 12.7. The molecule has 0 bridgehead atoms. The lowest BCUT2D eigenvalue weighted by Gasteiger charge is -2.23. The van der Waals surface area contributed by atoms with E-state index in [0.29, 0.717) is 52.8 Å². The molecule has 0 atom stereocenters. The van der Waals surface area contributed by atoms with Crippen molar-refractivity contribution in [2.45, 2.75) is 0 Å². The van der Waals surface area contributed by atoms with Crippen molar-refractivity contribution in [3.63, 3.8) is 0 Å². The van der Waals surface area contributed by atoms with Crippen LogP contribution in [0.25, 0.3) is 10.9 Å². The Kier molecular flexibility index (Phi) is 9.11. The van der Waals surface area contributed by atoms with Gasteiger partial charge in [-0.05, 0) is 60.7 Å². The van der Waals surface area contributed by atoms with Crippen molar-refractivity contribution in [1.82, 2.24) is 9.97 Å². The third kappa shape index (κ3) is 6.85. The van der Waals surface area contributed by atoms with Gasteiger partial charge in [-0.15, -0.1) is 23.2 Å². The molecule has 1 aromatic heterocycles. The fourth-order valence-electron chi connectivity index (χ4n) is 3.74. The van der Waals surface area contributed by atoms with Crippen LogP contribution in [-0.2, 0) is 0 Å². The van der Waals surface area contributed by atoms with Crippen LogP contribution in [0, 0.1) is 0 Å². The highest BCUT2D eigenvalue weighted by Gasteiger charge is 2.10. The Hall–Kier alpha value is -3.46. The predicted molar refractivity (Wildman–Crippen MR) is 154 cm³/mol. The molecule has 11 heteroatoms. The third-order valence-corrected chi connectivity index (χ3v) is 6.14. The summed E-state index contributed by atoms with van der Waals surface area (Å²) < 4.78 is 5.21. The number of nitrogens with one attached hydrogen (secondary N) is 3. The van der Waals surface area contributed by atoms with Gasteiger partial charge in [0, 0.05) is 53.0 Å². The molecule has 2 amide bonds. The van der Waals surface area contributed by atoms with Crippen LogP contribution in [0.3, 0.4) is 0 Å². The molecule has 37 heavy (non-hydrogen) atoms. The van der Waals surface area contributed by atoms with Crippen LogP contribution in [0.5, 0.6) is 5.75 Å². The number of nitrogens with zero attached hydrogens (tertiary/aromatic N) is 3. The summed E-state index contributed by atoms with van der Waals surface area (Å²) in [7, 11) is 1.56. The van der Waals surface area contributed by atoms with E-state index >= 15 is 0 Å². The SMILES string of the molecule is COc1ccc(Nc2ncnc3ccc(NC(=O)Nc4ccc(N(CCCl)CCCl)cc4)cc23)cc1Cl. The van der Waals surface area contributed by atoms with E-state index in [9.17, 15) is 4.79 Å². The molecular weight excluding hydrogens is 535 g/mol. The maximum Gasteiger partial charge on any atom is 0.323 e. The Balaban J connectivity index is 1.46. The summed E-state index contributed by atoms with van der Waals surface area (Å²) in [6.45, 7) is 1.38. The minimum absolute atomic E-state index is 0.376. The summed E-state index contributed by atoms with van der Waals surface area (Å²) in [5.41, 5.74) is 3.68. The number of ether oxygens (including phenoxy) is 1. The molecule has 3 N–H and O–H groups in total. The van der Waals surface area contributed by atoms with Crippen LogP contribution < -0.4 is 25.6 Å². The molecule has 0 aliphatic carbocycles. The second kappa shape index (κ2) is 12.7. The lowest BCUT2D eigenvalue weighted by Crippen LogP contribution is -2.27. The molecule has 0 fully saturated rings. The molecule has 0 aliphatic rings. The maximum absolute atomic E-state index is 12.7. The minimum Gasteiger partial charge on any atom is -0.495 e. The van der Waals surface area contributed by atoms with Gasteiger partial charge in [-0.3, -0.25) is 0 Å². The van der Waals surface area contributed by atoms with E-state index in [0.717, 1.165) is 22.3 Å². The van der Waals surface area contributed by atoms with Gasteiger partial charge in [0.2, 0.25) is 0 Å². The van der Waals surface area contributed by atoms with Gasteiger partial charge in [-0.25, -0.2) is 14.8 Å². The summed E-state index contributed by atoms with van der Waals surface area (Å²) in [5, 5.41) is 10.2. The molecule has 0 spiro atoms. The number of fused-ring (bicyclic) bond motifs is 1. The molecule has 0 saturated carbocycles. The zero-order valence-corrected chi connectivity index (χ0v) is 22.2. The molecule has 4 aromatic rings. The van der Waals surface area contributed by atoms with Crippen molar-refractivity contribution in [3.05, 3.63) is 72.0 Å². The fraction of sp³-hybridized carbons (Fsp3) is 0.192. The van der Waals surface area contributed by atoms with E-state index in [4.69, 9.17) is 39.5 Å². The molecule has 192 valence electrons. The number of alkyl halides is 2. The van der Waals surface area contributed by atoms with Crippen molar-refractivity contribution in [3.8, 4) is 5.75 Å². The number of halogens is 3. The molecule has 3 aromatic carbocycles. The molecule has 4 rings (SSSR count). The lowest BCUT2D eigenvalue weighted by atomic mass is 10.2. The summed E-state index contributed by atoms with van der Waals surface area (Å²) in [5.74, 6) is 2.15. The van der Waals surface area contributed by atoms with Gasteiger partial charge in [0.25, 0.3) is 0 Å². The third-order valence-electron chi connectivity index (χ3n) is 5.51. The monoisotopic (exact) mass is 558 g/mol. The average Bonchev–Trinajstić information content (AvgIpc) is 2.89. The first-order valence-electron chi connectivity index (χ1n) is 11.4. The molecule has 8 nitrogen and oxygen atoms in total. The Morgan fingerprint density at radius 2 is 1.57 bits per heavy atom. The van der Waals surface area contributed by atoms with Crippen molar-refractivity contribution in [2.75, 3.05) is 52.8 Å². The number of aromatic nitrogens is 2. The number of amides is 2. The predicted octanol–water partition coefficient (Wildman–Crippen LogP) is 6.96. The van der Waals surface area contributed by atoms with E-state index in [-0.39, 0.29) is 6.03 Å². The molecule has 0 unspecified atom stereocenters. The van der Waals surface area contributed by atoms with Gasteiger partial charge in [0.15, 0.2) is 0 Å². The Bertz CT molecular complexity index is 1360. The molecule has 0 saturated heterocycles. The van der Waals surface area contributed by atoms with E-state index < -0.39 is 0 Å². The van der Waals surface area contributed by atoms with Gasteiger partial charge < -0.3 is 25.6 Å². The second-order valence-corrected chi connectivity index (χ2v) is 9.08. The smallest absolute Gasteiger partial charge is 0.323 e. The highest BCUT2D eigenvalue weighted by Crippen LogP contribution is 2.31. The number of carbonyl (C=O) groups excluding carboxylic acids is 1. The van der Waals surface area contributed by atoms with Crippen LogP contribution in [0.2, 0.25) is 5.02 Å². The summed E-state index contributed by atoms with van der Waals surface area (Å²) >= 11 is 18.0. The van der Waals surface area contributed by atoms with Gasteiger partial charge >= 0.3 is 6.03 Å². The van der Waals surface area contributed by atoms with Crippen LogP contribution in [0.4, 0.5) is 33.4 Å². The quantitative estimate of drug-likeness (QED) is 0.182. The van der Waals surface area contributed by atoms with Crippen LogP contribution >= 0.6 is 34.8 Å². The number of methoxy groups -OCH3 is 1. The molecular formula is C26H25Cl3N6O2. The number of rotatable bonds is 10. The molecule has 0 radical (unpaired) electrons. The van der Waals surface area contributed by atoms with Crippen LogP contribution in [-0.4, -0.2) is 48.0 Å². The van der Waals surface area contributed by atoms with Crippen molar-refractivity contribution in [1.29, 1.82) is 0 Å². The van der Waals surface area contributed by atoms with Crippen LogP contribution in [0.15, 0.2) is 67.0 Å². The van der Waals surface area contributed by atoms with Crippen molar-refractivity contribution in [2.24, 2.45) is 0 Å². The topological polar surface area (TPSA) is 91.4 Å². The zero-order valence-electron chi connectivity index (χ0n) is 20.0. The Morgan fingerprint density at radius 3 is 2.24 bits per heavy atom. The van der Waals surface area contributed by atoms with Crippen molar-refractivity contribution < 1.29 is 9.53 Å². The number of hydrogen-bond acceptors (Lipinski definition) is 6. The standard InChI is InChI=1S/C26H25Cl3N6O2/c1-37-24-9-5-19(15-22(24)29)32-25-21-14-18(4-8-23(21)30-16-31-25)34-26(36)33-17-2-6-20(7-3-17)35(12-10-27)13-11-28/h2-9,14-16H,10-13H2,1H3,(H,30,31,32)(H2,33,34,36). The minimum atomic E-state index is -0.376. The van der Waals surface area contributed by atoms with Gasteiger partial charge in [0.05, 0.1) is 17.6 Å². The first-order chi connectivity index (χ1) is 18.0. The second-order valence-electron chi connectivity index (χ2n) is 7.92. The first kappa shape index (κ1) is 26.6. The highest BCUT2D eigenvalue weighted by molar-refractivity contribution is 6.32. The van der Waals surface area contributed by atoms with E-state index in [1.54, 1.807) is 25.3 Å². The van der Waals surface area contributed by atoms with Crippen LogP contribution in [0.1, 0.15) is 0 Å². The number of benzene rings is 3. The summed E-state index contributed by atoms with van der Waals surface area (Å²) in [6.07, 6.45) is 1.47. The average molecular weight is 560 g/mol. The Morgan fingerprint density at radius 1 is 0.892 bits per heavy atom. The van der Waals surface area contributed by atoms with E-state index in [1.165, 1.54) is 6.33 Å². The normalized spacial score (nSPS) is 10.7. The summed E-state index contributed by atoms with van der Waals surface area (Å²) in [6, 6.07) is 17.9. The van der Waals surface area contributed by atoms with E-state index in [2.05, 4.69) is 30.8 Å². The van der Waals surface area contributed by atoms with E-state index in [1.807, 2.05) is 42.5 Å². The largest absolute Gasteiger partial charge is 0.495 e. The number of anilines is 5. The Labute approximate surface area is 229 Å². The number of hydrogen-bond donors (Lipinski definition) is 3. The molecule has 1 heterocycles. The lowest BCUT2D eigenvalue weighted by molar-refractivity contribution is 0.262. The summed E-state index contributed by atoms with van der Waals surface area (Å²) in [4.78, 5) is 23.4. The number of urea groups is 1.